The number of aliphatic hydroxyl groups excluding tert-OH is 1. The highest BCUT2D eigenvalue weighted by Gasteiger charge is 2.23. The van der Waals surface area contributed by atoms with E-state index in [1.165, 1.54) is 6.20 Å². The van der Waals surface area contributed by atoms with E-state index in [-0.39, 0.29) is 23.5 Å². The lowest BCUT2D eigenvalue weighted by atomic mass is 10.1. The molecule has 0 saturated carbocycles. The van der Waals surface area contributed by atoms with Crippen molar-refractivity contribution in [3.63, 3.8) is 0 Å². The molecule has 1 aromatic carbocycles. The number of aromatic nitrogens is 1. The second-order valence-electron chi connectivity index (χ2n) is 5.03. The standard InChI is InChI=1S/C13H19N3O3S/c1-8(7-17)9(2)16-20(18,19)13-6-15-12-5-10(14)3-4-11(12)13/h3-6,8-9,15-17H,7,14H2,1-2H3. The first-order chi connectivity index (χ1) is 9.35. The van der Waals surface area contributed by atoms with Crippen LogP contribution in [0.1, 0.15) is 13.8 Å². The van der Waals surface area contributed by atoms with Crippen molar-refractivity contribution < 1.29 is 13.5 Å². The molecule has 0 amide bonds. The molecule has 0 fully saturated rings. The van der Waals surface area contributed by atoms with Gasteiger partial charge in [0.15, 0.2) is 0 Å². The van der Waals surface area contributed by atoms with E-state index in [9.17, 15) is 8.42 Å². The highest BCUT2D eigenvalue weighted by atomic mass is 32.2. The van der Waals surface area contributed by atoms with Crippen LogP contribution in [0, 0.1) is 5.92 Å². The minimum absolute atomic E-state index is 0.0753. The van der Waals surface area contributed by atoms with Gasteiger partial charge in [0.1, 0.15) is 4.90 Å². The van der Waals surface area contributed by atoms with Gasteiger partial charge >= 0.3 is 0 Å². The van der Waals surface area contributed by atoms with E-state index in [2.05, 4.69) is 9.71 Å². The van der Waals surface area contributed by atoms with Gasteiger partial charge in [0.05, 0.1) is 0 Å². The number of sulfonamides is 1. The third kappa shape index (κ3) is 2.79. The molecule has 6 nitrogen and oxygen atoms in total. The second-order valence-corrected chi connectivity index (χ2v) is 6.71. The van der Waals surface area contributed by atoms with Gasteiger partial charge in [-0.15, -0.1) is 0 Å². The largest absolute Gasteiger partial charge is 0.399 e. The molecule has 2 atom stereocenters. The van der Waals surface area contributed by atoms with Crippen LogP contribution in [-0.4, -0.2) is 31.2 Å². The summed E-state index contributed by atoms with van der Waals surface area (Å²) in [6.45, 7) is 3.43. The summed E-state index contributed by atoms with van der Waals surface area (Å²) in [6, 6.07) is 4.67. The van der Waals surface area contributed by atoms with E-state index in [1.807, 2.05) is 0 Å². The lowest BCUT2D eigenvalue weighted by Crippen LogP contribution is -2.38. The van der Waals surface area contributed by atoms with Crippen molar-refractivity contribution in [1.82, 2.24) is 9.71 Å². The predicted octanol–water partition coefficient (Wildman–Crippen LogP) is 1.05. The fraction of sp³-hybridized carbons (Fsp3) is 0.385. The molecule has 110 valence electrons. The number of H-pyrrole nitrogens is 1. The number of hydrogen-bond acceptors (Lipinski definition) is 4. The zero-order chi connectivity index (χ0) is 14.9. The van der Waals surface area contributed by atoms with Gasteiger partial charge in [0.2, 0.25) is 10.0 Å². The molecule has 1 aromatic heterocycles. The van der Waals surface area contributed by atoms with Crippen molar-refractivity contribution in [1.29, 1.82) is 0 Å². The number of nitrogen functional groups attached to an aromatic ring is 1. The highest BCUT2D eigenvalue weighted by molar-refractivity contribution is 7.89. The van der Waals surface area contributed by atoms with Crippen LogP contribution in [0.5, 0.6) is 0 Å². The van der Waals surface area contributed by atoms with Crippen molar-refractivity contribution in [2.24, 2.45) is 5.92 Å². The lowest BCUT2D eigenvalue weighted by Gasteiger charge is -2.18. The Hall–Kier alpha value is -1.57. The third-order valence-electron chi connectivity index (χ3n) is 3.44. The van der Waals surface area contributed by atoms with Gasteiger partial charge in [-0.2, -0.15) is 0 Å². The molecular formula is C13H19N3O3S. The predicted molar refractivity (Wildman–Crippen MR) is 78.7 cm³/mol. The molecule has 0 saturated heterocycles. The van der Waals surface area contributed by atoms with Gasteiger partial charge in [-0.1, -0.05) is 6.92 Å². The monoisotopic (exact) mass is 297 g/mol. The van der Waals surface area contributed by atoms with Gasteiger partial charge in [0.25, 0.3) is 0 Å². The molecule has 5 N–H and O–H groups in total. The van der Waals surface area contributed by atoms with E-state index in [1.54, 1.807) is 32.0 Å². The van der Waals surface area contributed by atoms with E-state index < -0.39 is 10.0 Å². The summed E-state index contributed by atoms with van der Waals surface area (Å²) in [6.07, 6.45) is 1.45. The smallest absolute Gasteiger partial charge is 0.242 e. The van der Waals surface area contributed by atoms with Gasteiger partial charge in [-0.05, 0) is 31.0 Å². The Morgan fingerprint density at radius 3 is 2.75 bits per heavy atom. The van der Waals surface area contributed by atoms with Crippen molar-refractivity contribution in [2.75, 3.05) is 12.3 Å². The molecule has 2 rings (SSSR count). The fourth-order valence-electron chi connectivity index (χ4n) is 1.92. The first-order valence-electron chi connectivity index (χ1n) is 6.35. The van der Waals surface area contributed by atoms with Crippen LogP contribution in [0.15, 0.2) is 29.3 Å². The molecule has 0 bridgehead atoms. The first-order valence-corrected chi connectivity index (χ1v) is 7.83. The van der Waals surface area contributed by atoms with Crippen molar-refractivity contribution in [2.45, 2.75) is 24.8 Å². The number of anilines is 1. The van der Waals surface area contributed by atoms with Crippen LogP contribution in [0.3, 0.4) is 0 Å². The lowest BCUT2D eigenvalue weighted by molar-refractivity contribution is 0.216. The summed E-state index contributed by atoms with van der Waals surface area (Å²) in [5.41, 5.74) is 6.91. The SMILES string of the molecule is CC(CO)C(C)NS(=O)(=O)c1c[nH]c2cc(N)ccc12. The minimum Gasteiger partial charge on any atom is -0.399 e. The molecule has 0 aliphatic heterocycles. The molecule has 0 aliphatic rings. The quantitative estimate of drug-likeness (QED) is 0.618. The van der Waals surface area contributed by atoms with Crippen LogP contribution >= 0.6 is 0 Å². The number of nitrogens with two attached hydrogens (primary N) is 1. The molecule has 0 spiro atoms. The van der Waals surface area contributed by atoms with Crippen molar-refractivity contribution in [3.05, 3.63) is 24.4 Å². The van der Waals surface area contributed by atoms with Crippen molar-refractivity contribution in [3.8, 4) is 0 Å². The van der Waals surface area contributed by atoms with Gasteiger partial charge in [-0.25, -0.2) is 13.1 Å². The average molecular weight is 297 g/mol. The Kier molecular flexibility index (Phi) is 4.03. The fourth-order valence-corrected chi connectivity index (χ4v) is 3.45. The number of fused-ring (bicyclic) bond motifs is 1. The summed E-state index contributed by atoms with van der Waals surface area (Å²) in [5.74, 6) is -0.161. The summed E-state index contributed by atoms with van der Waals surface area (Å²) in [5, 5.41) is 9.67. The first kappa shape index (κ1) is 14.8. The van der Waals surface area contributed by atoms with E-state index in [0.717, 1.165) is 0 Å². The maximum atomic E-state index is 12.4. The summed E-state index contributed by atoms with van der Waals surface area (Å²) >= 11 is 0. The number of rotatable bonds is 5. The number of hydrogen-bond donors (Lipinski definition) is 4. The average Bonchev–Trinajstić information content (AvgIpc) is 2.80. The second kappa shape index (κ2) is 5.43. The minimum atomic E-state index is -3.64. The van der Waals surface area contributed by atoms with E-state index in [4.69, 9.17) is 10.8 Å². The molecule has 2 unspecified atom stereocenters. The Bertz CT molecular complexity index is 709. The summed E-state index contributed by atoms with van der Waals surface area (Å²) in [7, 11) is -3.64. The Labute approximate surface area is 118 Å². The molecule has 7 heteroatoms. The molecule has 2 aromatic rings. The van der Waals surface area contributed by atoms with Crippen LogP contribution in [0.25, 0.3) is 10.9 Å². The van der Waals surface area contributed by atoms with Crippen LogP contribution in [-0.2, 0) is 10.0 Å². The molecular weight excluding hydrogens is 278 g/mol. The van der Waals surface area contributed by atoms with Crippen LogP contribution in [0.2, 0.25) is 0 Å². The number of aromatic amines is 1. The summed E-state index contributed by atoms with van der Waals surface area (Å²) in [4.78, 5) is 3.09. The van der Waals surface area contributed by atoms with Gasteiger partial charge in [-0.3, -0.25) is 0 Å². The number of aliphatic hydroxyl groups is 1. The number of benzene rings is 1. The third-order valence-corrected chi connectivity index (χ3v) is 5.04. The zero-order valence-electron chi connectivity index (χ0n) is 11.4. The maximum Gasteiger partial charge on any atom is 0.242 e. The topological polar surface area (TPSA) is 108 Å². The van der Waals surface area contributed by atoms with Crippen LogP contribution < -0.4 is 10.5 Å². The zero-order valence-corrected chi connectivity index (χ0v) is 12.2. The Morgan fingerprint density at radius 1 is 1.40 bits per heavy atom. The Balaban J connectivity index is 2.37. The van der Waals surface area contributed by atoms with Gasteiger partial charge in [0, 0.05) is 35.4 Å². The molecule has 20 heavy (non-hydrogen) atoms. The van der Waals surface area contributed by atoms with E-state index >= 15 is 0 Å². The Morgan fingerprint density at radius 2 is 2.10 bits per heavy atom. The van der Waals surface area contributed by atoms with Crippen molar-refractivity contribution >= 4 is 26.6 Å². The molecule has 1 heterocycles. The van der Waals surface area contributed by atoms with Crippen LogP contribution in [0.4, 0.5) is 5.69 Å². The van der Waals surface area contributed by atoms with Gasteiger partial charge < -0.3 is 15.8 Å². The summed E-state index contributed by atoms with van der Waals surface area (Å²) < 4.78 is 27.3. The molecule has 0 aliphatic carbocycles. The van der Waals surface area contributed by atoms with E-state index in [0.29, 0.717) is 16.6 Å². The normalized spacial score (nSPS) is 15.3. The highest BCUT2D eigenvalue weighted by Crippen LogP contribution is 2.24. The maximum absolute atomic E-state index is 12.4. The number of nitrogens with one attached hydrogen (secondary N) is 2. The molecule has 0 radical (unpaired) electrons.